The molecule has 0 fully saturated rings. The summed E-state index contributed by atoms with van der Waals surface area (Å²) in [5.74, 6) is 0.739. The number of hydrogen-bond acceptors (Lipinski definition) is 4. The summed E-state index contributed by atoms with van der Waals surface area (Å²) in [6, 6.07) is 1.89. The smallest absolute Gasteiger partial charge is 0.211 e. The van der Waals surface area contributed by atoms with E-state index in [9.17, 15) is 5.11 Å². The molecule has 0 saturated carbocycles. The van der Waals surface area contributed by atoms with Gasteiger partial charge < -0.3 is 15.2 Å². The van der Waals surface area contributed by atoms with Crippen molar-refractivity contribution >= 4 is 0 Å². The molecule has 17 heavy (non-hydrogen) atoms. The van der Waals surface area contributed by atoms with E-state index in [1.807, 2.05) is 27.0 Å². The molecule has 0 aromatic carbocycles. The lowest BCUT2D eigenvalue weighted by Crippen LogP contribution is -2.39. The number of methoxy groups -OCH3 is 1. The predicted octanol–water partition coefficient (Wildman–Crippen LogP) is 1.07. The highest BCUT2D eigenvalue weighted by Gasteiger charge is 2.21. The minimum Gasteiger partial charge on any atom is -0.481 e. The molecule has 0 radical (unpaired) electrons. The second kappa shape index (κ2) is 6.02. The maximum absolute atomic E-state index is 10.1. The van der Waals surface area contributed by atoms with Crippen molar-refractivity contribution in [3.8, 4) is 5.88 Å². The van der Waals surface area contributed by atoms with E-state index in [1.54, 1.807) is 11.8 Å². The third-order valence-corrected chi connectivity index (χ3v) is 3.17. The van der Waals surface area contributed by atoms with Crippen LogP contribution in [0.25, 0.3) is 0 Å². The number of hydrogen-bond donors (Lipinski definition) is 2. The van der Waals surface area contributed by atoms with Gasteiger partial charge in [0.2, 0.25) is 5.88 Å². The molecule has 0 bridgehead atoms. The molecule has 2 N–H and O–H groups in total. The standard InChI is InChI=1S/C12H23N3O2/c1-5-12(16,6-2)9-13-8-10-7-11(17-4)15(3)14-10/h7,13,16H,5-6,8-9H2,1-4H3. The predicted molar refractivity (Wildman–Crippen MR) is 67.0 cm³/mol. The Morgan fingerprint density at radius 2 is 2.12 bits per heavy atom. The summed E-state index contributed by atoms with van der Waals surface area (Å²) in [5, 5.41) is 17.6. The first-order valence-corrected chi connectivity index (χ1v) is 6.04. The van der Waals surface area contributed by atoms with Gasteiger partial charge in [0.15, 0.2) is 0 Å². The molecule has 0 saturated heterocycles. The summed E-state index contributed by atoms with van der Waals surface area (Å²) < 4.78 is 6.84. The van der Waals surface area contributed by atoms with Crippen molar-refractivity contribution in [1.29, 1.82) is 0 Å². The lowest BCUT2D eigenvalue weighted by Gasteiger charge is -2.25. The fraction of sp³-hybridized carbons (Fsp3) is 0.750. The Balaban J connectivity index is 2.45. The van der Waals surface area contributed by atoms with Crippen LogP contribution in [0.5, 0.6) is 5.88 Å². The van der Waals surface area contributed by atoms with Gasteiger partial charge in [0, 0.05) is 26.2 Å². The number of nitrogens with one attached hydrogen (secondary N) is 1. The van der Waals surface area contributed by atoms with E-state index in [0.29, 0.717) is 13.1 Å². The first-order chi connectivity index (χ1) is 8.04. The lowest BCUT2D eigenvalue weighted by molar-refractivity contribution is 0.0322. The number of nitrogens with zero attached hydrogens (tertiary/aromatic N) is 2. The molecule has 0 aliphatic rings. The minimum atomic E-state index is -0.612. The number of ether oxygens (including phenoxy) is 1. The molecule has 1 rings (SSSR count). The van der Waals surface area contributed by atoms with Crippen LogP contribution in [-0.2, 0) is 13.6 Å². The number of aromatic nitrogens is 2. The van der Waals surface area contributed by atoms with Crippen LogP contribution in [0.1, 0.15) is 32.4 Å². The summed E-state index contributed by atoms with van der Waals surface area (Å²) in [5.41, 5.74) is 0.303. The summed E-state index contributed by atoms with van der Waals surface area (Å²) in [4.78, 5) is 0. The van der Waals surface area contributed by atoms with Crippen molar-refractivity contribution in [2.75, 3.05) is 13.7 Å². The van der Waals surface area contributed by atoms with Gasteiger partial charge in [0.05, 0.1) is 18.4 Å². The first-order valence-electron chi connectivity index (χ1n) is 6.04. The average Bonchev–Trinajstić information content (AvgIpc) is 2.69. The molecule has 98 valence electrons. The minimum absolute atomic E-state index is 0.582. The molecule has 1 aromatic heterocycles. The van der Waals surface area contributed by atoms with E-state index >= 15 is 0 Å². The molecular weight excluding hydrogens is 218 g/mol. The highest BCUT2D eigenvalue weighted by Crippen LogP contribution is 2.14. The van der Waals surface area contributed by atoms with Crippen LogP contribution < -0.4 is 10.1 Å². The van der Waals surface area contributed by atoms with Gasteiger partial charge >= 0.3 is 0 Å². The molecule has 0 atom stereocenters. The Morgan fingerprint density at radius 3 is 2.59 bits per heavy atom. The Hall–Kier alpha value is -1.07. The molecule has 0 aliphatic heterocycles. The average molecular weight is 241 g/mol. The van der Waals surface area contributed by atoms with Crippen molar-refractivity contribution in [2.45, 2.75) is 38.8 Å². The van der Waals surface area contributed by atoms with Crippen LogP contribution in [0.3, 0.4) is 0 Å². The largest absolute Gasteiger partial charge is 0.481 e. The fourth-order valence-corrected chi connectivity index (χ4v) is 1.71. The van der Waals surface area contributed by atoms with E-state index in [1.165, 1.54) is 0 Å². The Kier molecular flexibility index (Phi) is 4.96. The maximum atomic E-state index is 10.1. The highest BCUT2D eigenvalue weighted by atomic mass is 16.5. The van der Waals surface area contributed by atoms with Gasteiger partial charge in [-0.25, -0.2) is 4.68 Å². The van der Waals surface area contributed by atoms with Gasteiger partial charge in [-0.1, -0.05) is 13.8 Å². The third kappa shape index (κ3) is 3.71. The zero-order valence-electron chi connectivity index (χ0n) is 11.2. The number of aliphatic hydroxyl groups is 1. The van der Waals surface area contributed by atoms with Crippen LogP contribution in [-0.4, -0.2) is 34.1 Å². The SMILES string of the molecule is CCC(O)(CC)CNCc1cc(OC)n(C)n1. The quantitative estimate of drug-likeness (QED) is 0.749. The van der Waals surface area contributed by atoms with Crippen molar-refractivity contribution in [3.05, 3.63) is 11.8 Å². The topological polar surface area (TPSA) is 59.3 Å². The zero-order valence-corrected chi connectivity index (χ0v) is 11.2. The zero-order chi connectivity index (χ0) is 12.9. The molecule has 0 aliphatic carbocycles. The molecule has 0 unspecified atom stereocenters. The second-order valence-corrected chi connectivity index (χ2v) is 4.34. The van der Waals surface area contributed by atoms with Gasteiger partial charge in [-0.2, -0.15) is 5.10 Å². The molecule has 5 heteroatoms. The Bertz CT molecular complexity index is 346. The van der Waals surface area contributed by atoms with Crippen molar-refractivity contribution < 1.29 is 9.84 Å². The molecule has 1 heterocycles. The van der Waals surface area contributed by atoms with Gasteiger partial charge in [-0.15, -0.1) is 0 Å². The van der Waals surface area contributed by atoms with Crippen LogP contribution in [0, 0.1) is 0 Å². The van der Waals surface area contributed by atoms with Crippen molar-refractivity contribution in [1.82, 2.24) is 15.1 Å². The van der Waals surface area contributed by atoms with Crippen LogP contribution in [0.4, 0.5) is 0 Å². The molecule has 0 spiro atoms. The molecule has 5 nitrogen and oxygen atoms in total. The number of rotatable bonds is 7. The van der Waals surface area contributed by atoms with E-state index < -0.39 is 5.60 Å². The van der Waals surface area contributed by atoms with Gasteiger partial charge in [-0.05, 0) is 12.8 Å². The van der Waals surface area contributed by atoms with Crippen molar-refractivity contribution in [3.63, 3.8) is 0 Å². The summed E-state index contributed by atoms with van der Waals surface area (Å²) in [6.45, 7) is 5.21. The maximum Gasteiger partial charge on any atom is 0.211 e. The molecular formula is C12H23N3O2. The van der Waals surface area contributed by atoms with Crippen LogP contribution >= 0.6 is 0 Å². The van der Waals surface area contributed by atoms with Gasteiger partial charge in [0.25, 0.3) is 0 Å². The van der Waals surface area contributed by atoms with Crippen molar-refractivity contribution in [2.24, 2.45) is 7.05 Å². The molecule has 0 amide bonds. The first kappa shape index (κ1) is 14.0. The van der Waals surface area contributed by atoms with Crippen LogP contribution in [0.15, 0.2) is 6.07 Å². The normalized spacial score (nSPS) is 11.8. The lowest BCUT2D eigenvalue weighted by atomic mass is 9.98. The Labute approximate surface area is 103 Å². The van der Waals surface area contributed by atoms with Gasteiger partial charge in [-0.3, -0.25) is 0 Å². The van der Waals surface area contributed by atoms with E-state index in [2.05, 4.69) is 10.4 Å². The van der Waals surface area contributed by atoms with E-state index in [4.69, 9.17) is 4.74 Å². The summed E-state index contributed by atoms with van der Waals surface area (Å²) >= 11 is 0. The monoisotopic (exact) mass is 241 g/mol. The third-order valence-electron chi connectivity index (χ3n) is 3.17. The van der Waals surface area contributed by atoms with E-state index in [-0.39, 0.29) is 0 Å². The second-order valence-electron chi connectivity index (χ2n) is 4.34. The fourth-order valence-electron chi connectivity index (χ4n) is 1.71. The van der Waals surface area contributed by atoms with Crippen LogP contribution in [0.2, 0.25) is 0 Å². The Morgan fingerprint density at radius 1 is 1.47 bits per heavy atom. The highest BCUT2D eigenvalue weighted by molar-refractivity contribution is 5.15. The number of aryl methyl sites for hydroxylation is 1. The summed E-state index contributed by atoms with van der Waals surface area (Å²) in [6.07, 6.45) is 1.50. The summed E-state index contributed by atoms with van der Waals surface area (Å²) in [7, 11) is 3.47. The molecule has 1 aromatic rings. The van der Waals surface area contributed by atoms with Gasteiger partial charge in [0.1, 0.15) is 0 Å². The van der Waals surface area contributed by atoms with E-state index in [0.717, 1.165) is 24.4 Å².